The number of hydrogen-bond acceptors (Lipinski definition) is 6. The summed E-state index contributed by atoms with van der Waals surface area (Å²) in [7, 11) is 0. The van der Waals surface area contributed by atoms with Crippen molar-refractivity contribution >= 4 is 33.2 Å². The number of aliphatic hydroxyl groups excluding tert-OH is 1. The van der Waals surface area contributed by atoms with E-state index in [4.69, 9.17) is 9.47 Å². The maximum atomic E-state index is 11.5. The molecule has 1 aliphatic rings. The van der Waals surface area contributed by atoms with Crippen LogP contribution < -0.4 is 0 Å². The van der Waals surface area contributed by atoms with Crippen LogP contribution in [0.1, 0.15) is 37.9 Å². The molecular formula is C16H20BrNO4S. The van der Waals surface area contributed by atoms with Crippen LogP contribution in [0.4, 0.5) is 0 Å². The molecule has 23 heavy (non-hydrogen) atoms. The van der Waals surface area contributed by atoms with Crippen LogP contribution in [0.25, 0.3) is 0 Å². The zero-order valence-corrected chi connectivity index (χ0v) is 15.7. The topological polar surface area (TPSA) is 68.7 Å². The highest BCUT2D eigenvalue weighted by atomic mass is 79.9. The van der Waals surface area contributed by atoms with Gasteiger partial charge < -0.3 is 14.6 Å². The van der Waals surface area contributed by atoms with Gasteiger partial charge >= 0.3 is 5.97 Å². The van der Waals surface area contributed by atoms with Crippen LogP contribution in [0.5, 0.6) is 0 Å². The number of esters is 1. The van der Waals surface area contributed by atoms with E-state index in [-0.39, 0.29) is 5.97 Å². The number of thiazole rings is 1. The van der Waals surface area contributed by atoms with Crippen LogP contribution in [-0.4, -0.2) is 28.0 Å². The Morgan fingerprint density at radius 1 is 1.48 bits per heavy atom. The number of carbonyl (C=O) groups excluding carboxylic acids is 1. The van der Waals surface area contributed by atoms with Crippen LogP contribution >= 0.6 is 27.3 Å². The van der Waals surface area contributed by atoms with Crippen LogP contribution in [0.3, 0.4) is 0 Å². The van der Waals surface area contributed by atoms with Crippen molar-refractivity contribution in [3.05, 3.63) is 38.5 Å². The Balaban J connectivity index is 1.90. The third-order valence-corrected chi connectivity index (χ3v) is 4.22. The lowest BCUT2D eigenvalue weighted by molar-refractivity contribution is -0.205. The predicted molar refractivity (Wildman–Crippen MR) is 92.2 cm³/mol. The smallest absolute Gasteiger partial charge is 0.337 e. The second kappa shape index (κ2) is 7.59. The van der Waals surface area contributed by atoms with Crippen molar-refractivity contribution in [3.63, 3.8) is 0 Å². The molecule has 7 heteroatoms. The zero-order chi connectivity index (χ0) is 17.0. The molecule has 5 nitrogen and oxygen atoms in total. The molecule has 1 aromatic heterocycles. The fourth-order valence-electron chi connectivity index (χ4n) is 2.20. The highest BCUT2D eigenvalue weighted by molar-refractivity contribution is 9.11. The van der Waals surface area contributed by atoms with E-state index in [9.17, 15) is 9.90 Å². The molecule has 0 fully saturated rings. The van der Waals surface area contributed by atoms with Gasteiger partial charge in [0.2, 0.25) is 5.79 Å². The Hall–Kier alpha value is -1.18. The van der Waals surface area contributed by atoms with Gasteiger partial charge in [-0.05, 0) is 23.9 Å². The number of ether oxygens (including phenoxy) is 2. The van der Waals surface area contributed by atoms with Gasteiger partial charge in [-0.3, -0.25) is 0 Å². The minimum Gasteiger partial charge on any atom is -0.457 e. The fraction of sp³-hybridized carbons (Fsp3) is 0.500. The molecule has 0 spiro atoms. The van der Waals surface area contributed by atoms with Crippen LogP contribution in [0, 0.1) is 0 Å². The first-order chi connectivity index (χ1) is 10.7. The van der Waals surface area contributed by atoms with E-state index in [0.717, 1.165) is 15.2 Å². The second-order valence-corrected chi connectivity index (χ2v) is 7.98. The molecule has 2 heterocycles. The van der Waals surface area contributed by atoms with E-state index in [2.05, 4.69) is 20.9 Å². The number of carbonyl (C=O) groups is 1. The van der Waals surface area contributed by atoms with Crippen LogP contribution in [-0.2, 0) is 27.1 Å². The summed E-state index contributed by atoms with van der Waals surface area (Å²) in [5, 5.41) is 12.7. The number of halogens is 1. The first kappa shape index (κ1) is 18.2. The van der Waals surface area contributed by atoms with E-state index >= 15 is 0 Å². The molecule has 1 N–H and O–H groups in total. The van der Waals surface area contributed by atoms with Gasteiger partial charge in [-0.1, -0.05) is 15.9 Å². The van der Waals surface area contributed by atoms with Crippen molar-refractivity contribution < 1.29 is 19.4 Å². The number of rotatable bonds is 6. The molecule has 0 amide bonds. The van der Waals surface area contributed by atoms with Crippen LogP contribution in [0.2, 0.25) is 0 Å². The summed E-state index contributed by atoms with van der Waals surface area (Å²) in [6.45, 7) is 5.29. The highest BCUT2D eigenvalue weighted by Crippen LogP contribution is 2.25. The molecule has 1 aliphatic heterocycles. The largest absolute Gasteiger partial charge is 0.457 e. The molecule has 2 rings (SSSR count). The fourth-order valence-corrected chi connectivity index (χ4v) is 3.39. The number of allylic oxidation sites excluding steroid dienone is 2. The second-order valence-electron chi connectivity index (χ2n) is 5.79. The highest BCUT2D eigenvalue weighted by Gasteiger charge is 2.29. The molecule has 0 bridgehead atoms. The SMILES string of the molecule is C/C(Br)=C\[C@H](O)Cc1nc(CCC2=CC(=O)OC(C)(C)O2)cs1. The summed E-state index contributed by atoms with van der Waals surface area (Å²) < 4.78 is 11.6. The van der Waals surface area contributed by atoms with Gasteiger partial charge in [0.1, 0.15) is 5.76 Å². The lowest BCUT2D eigenvalue weighted by atomic mass is 10.2. The van der Waals surface area contributed by atoms with Gasteiger partial charge in [-0.2, -0.15) is 0 Å². The quantitative estimate of drug-likeness (QED) is 0.738. The van der Waals surface area contributed by atoms with E-state index < -0.39 is 11.9 Å². The monoisotopic (exact) mass is 401 g/mol. The molecule has 1 atom stereocenters. The molecule has 1 aromatic rings. The van der Waals surface area contributed by atoms with Crippen molar-refractivity contribution in [1.82, 2.24) is 4.98 Å². The predicted octanol–water partition coefficient (Wildman–Crippen LogP) is 3.47. The molecule has 0 saturated carbocycles. The number of nitrogens with zero attached hydrogens (tertiary/aromatic N) is 1. The van der Waals surface area contributed by atoms with Gasteiger partial charge in [0.15, 0.2) is 0 Å². The Kier molecular flexibility index (Phi) is 6.00. The molecule has 0 radical (unpaired) electrons. The molecule has 0 aromatic carbocycles. The lowest BCUT2D eigenvalue weighted by Gasteiger charge is -2.30. The van der Waals surface area contributed by atoms with E-state index in [0.29, 0.717) is 25.0 Å². The van der Waals surface area contributed by atoms with E-state index in [1.165, 1.54) is 17.4 Å². The first-order valence-corrected chi connectivity index (χ1v) is 8.98. The van der Waals surface area contributed by atoms with Crippen molar-refractivity contribution in [3.8, 4) is 0 Å². The van der Waals surface area contributed by atoms with Crippen LogP contribution in [0.15, 0.2) is 27.8 Å². The molecule has 0 saturated heterocycles. The molecule has 0 aliphatic carbocycles. The zero-order valence-electron chi connectivity index (χ0n) is 13.3. The summed E-state index contributed by atoms with van der Waals surface area (Å²) in [5.41, 5.74) is 0.929. The van der Waals surface area contributed by atoms with E-state index in [1.54, 1.807) is 19.9 Å². The minimum absolute atomic E-state index is 0.379. The van der Waals surface area contributed by atoms with Gasteiger partial charge in [0.25, 0.3) is 0 Å². The Labute approximate surface area is 148 Å². The summed E-state index contributed by atoms with van der Waals surface area (Å²) >= 11 is 4.83. The molecule has 0 unspecified atom stereocenters. The summed E-state index contributed by atoms with van der Waals surface area (Å²) in [6.07, 6.45) is 4.33. The summed E-state index contributed by atoms with van der Waals surface area (Å²) in [6, 6.07) is 0. The van der Waals surface area contributed by atoms with Gasteiger partial charge in [-0.15, -0.1) is 11.3 Å². The van der Waals surface area contributed by atoms with E-state index in [1.807, 2.05) is 12.3 Å². The average Bonchev–Trinajstić information content (AvgIpc) is 2.80. The molecular weight excluding hydrogens is 382 g/mol. The number of cyclic esters (lactones) is 1. The van der Waals surface area contributed by atoms with Crippen molar-refractivity contribution in [1.29, 1.82) is 0 Å². The van der Waals surface area contributed by atoms with Gasteiger partial charge in [-0.25, -0.2) is 9.78 Å². The van der Waals surface area contributed by atoms with Crippen molar-refractivity contribution in [2.45, 2.75) is 51.9 Å². The third kappa shape index (κ3) is 6.08. The number of aliphatic hydroxyl groups is 1. The van der Waals surface area contributed by atoms with Crippen molar-refractivity contribution in [2.75, 3.05) is 0 Å². The first-order valence-electron chi connectivity index (χ1n) is 7.31. The summed E-state index contributed by atoms with van der Waals surface area (Å²) in [4.78, 5) is 16.0. The maximum absolute atomic E-state index is 11.5. The molecule has 126 valence electrons. The normalized spacial score (nSPS) is 18.9. The Morgan fingerprint density at radius 3 is 2.87 bits per heavy atom. The standard InChI is InChI=1S/C16H20BrNO4S/c1-10(17)6-12(19)7-14-18-11(9-23-14)4-5-13-8-15(20)22-16(2,3)21-13/h6,8-9,12,19H,4-5,7H2,1-3H3/b10-6+/t12-/m0/s1. The Bertz CT molecular complexity index is 632. The average molecular weight is 402 g/mol. The Morgan fingerprint density at radius 2 is 2.22 bits per heavy atom. The minimum atomic E-state index is -0.918. The van der Waals surface area contributed by atoms with Gasteiger partial charge in [0.05, 0.1) is 22.9 Å². The van der Waals surface area contributed by atoms with Crippen molar-refractivity contribution in [2.24, 2.45) is 0 Å². The number of aromatic nitrogens is 1. The maximum Gasteiger partial charge on any atom is 0.337 e. The lowest BCUT2D eigenvalue weighted by Crippen LogP contribution is -2.34. The summed E-state index contributed by atoms with van der Waals surface area (Å²) in [5.74, 6) is -0.688. The third-order valence-electron chi connectivity index (χ3n) is 3.03. The number of aryl methyl sites for hydroxylation is 1. The number of hydrogen-bond donors (Lipinski definition) is 1. The van der Waals surface area contributed by atoms with Gasteiger partial charge in [0, 0.05) is 32.1 Å².